The number of benzene rings is 2. The standard InChI is InChI=1S/C20H18FN3O/c1-13-6-5-7-14(2)19(13)24-20(25)15-10-16(12-22-11-15)23-18-9-4-3-8-17(18)21/h3-12,23H,1-2H3,(H,24,25). The van der Waals surface area contributed by atoms with Crippen LogP contribution in [0.3, 0.4) is 0 Å². The number of anilines is 3. The van der Waals surface area contributed by atoms with Gasteiger partial charge >= 0.3 is 0 Å². The molecule has 4 nitrogen and oxygen atoms in total. The molecular weight excluding hydrogens is 317 g/mol. The van der Waals surface area contributed by atoms with E-state index in [1.165, 1.54) is 12.3 Å². The minimum Gasteiger partial charge on any atom is -0.352 e. The summed E-state index contributed by atoms with van der Waals surface area (Å²) in [5.41, 5.74) is 4.03. The molecule has 1 heterocycles. The molecule has 0 bridgehead atoms. The fourth-order valence-corrected chi connectivity index (χ4v) is 2.55. The SMILES string of the molecule is Cc1cccc(C)c1NC(=O)c1cncc(Nc2ccccc2F)c1. The van der Waals surface area contributed by atoms with Gasteiger partial charge in [-0.1, -0.05) is 30.3 Å². The molecule has 0 unspecified atom stereocenters. The molecule has 0 aliphatic heterocycles. The number of rotatable bonds is 4. The van der Waals surface area contributed by atoms with Gasteiger partial charge in [-0.2, -0.15) is 0 Å². The van der Waals surface area contributed by atoms with Crippen LogP contribution in [-0.4, -0.2) is 10.9 Å². The summed E-state index contributed by atoms with van der Waals surface area (Å²) in [5.74, 6) is -0.630. The molecule has 0 saturated carbocycles. The maximum atomic E-state index is 13.7. The summed E-state index contributed by atoms with van der Waals surface area (Å²) < 4.78 is 13.7. The highest BCUT2D eigenvalue weighted by Crippen LogP contribution is 2.22. The lowest BCUT2D eigenvalue weighted by molar-refractivity contribution is 0.102. The number of para-hydroxylation sites is 2. The monoisotopic (exact) mass is 335 g/mol. The van der Waals surface area contributed by atoms with Crippen molar-refractivity contribution < 1.29 is 9.18 Å². The van der Waals surface area contributed by atoms with Crippen molar-refractivity contribution in [2.75, 3.05) is 10.6 Å². The highest BCUT2D eigenvalue weighted by molar-refractivity contribution is 6.05. The highest BCUT2D eigenvalue weighted by Gasteiger charge is 2.11. The first-order chi connectivity index (χ1) is 12.0. The molecule has 1 aromatic heterocycles. The second-order valence-corrected chi connectivity index (χ2v) is 5.79. The second-order valence-electron chi connectivity index (χ2n) is 5.79. The van der Waals surface area contributed by atoms with Crippen molar-refractivity contribution in [3.63, 3.8) is 0 Å². The van der Waals surface area contributed by atoms with E-state index in [0.29, 0.717) is 16.9 Å². The largest absolute Gasteiger partial charge is 0.352 e. The average molecular weight is 335 g/mol. The lowest BCUT2D eigenvalue weighted by atomic mass is 10.1. The molecule has 2 N–H and O–H groups in total. The number of carbonyl (C=O) groups excluding carboxylic acids is 1. The van der Waals surface area contributed by atoms with Crippen LogP contribution >= 0.6 is 0 Å². The molecule has 1 amide bonds. The smallest absolute Gasteiger partial charge is 0.257 e. The van der Waals surface area contributed by atoms with Crippen LogP contribution in [0.2, 0.25) is 0 Å². The Bertz CT molecular complexity index is 904. The molecule has 0 radical (unpaired) electrons. The molecule has 126 valence electrons. The molecule has 0 saturated heterocycles. The molecule has 3 rings (SSSR count). The summed E-state index contributed by atoms with van der Waals surface area (Å²) in [5, 5.41) is 5.85. The Labute approximate surface area is 145 Å². The number of aromatic nitrogens is 1. The van der Waals surface area contributed by atoms with Gasteiger partial charge in [0, 0.05) is 11.9 Å². The van der Waals surface area contributed by atoms with Gasteiger partial charge in [-0.25, -0.2) is 4.39 Å². The van der Waals surface area contributed by atoms with Crippen molar-refractivity contribution in [3.8, 4) is 0 Å². The molecule has 0 aliphatic rings. The lowest BCUT2D eigenvalue weighted by Crippen LogP contribution is -2.14. The van der Waals surface area contributed by atoms with Gasteiger partial charge in [0.2, 0.25) is 0 Å². The quantitative estimate of drug-likeness (QED) is 0.718. The maximum Gasteiger partial charge on any atom is 0.257 e. The second kappa shape index (κ2) is 7.13. The molecule has 0 atom stereocenters. The fraction of sp³-hybridized carbons (Fsp3) is 0.100. The van der Waals surface area contributed by atoms with Crippen molar-refractivity contribution in [1.82, 2.24) is 4.98 Å². The number of halogens is 1. The summed E-state index contributed by atoms with van der Waals surface area (Å²) in [6.07, 6.45) is 3.03. The van der Waals surface area contributed by atoms with Crippen LogP contribution in [0.15, 0.2) is 60.9 Å². The number of nitrogens with zero attached hydrogens (tertiary/aromatic N) is 1. The van der Waals surface area contributed by atoms with Crippen molar-refractivity contribution in [3.05, 3.63) is 83.4 Å². The van der Waals surface area contributed by atoms with Gasteiger partial charge in [-0.15, -0.1) is 0 Å². The van der Waals surface area contributed by atoms with E-state index >= 15 is 0 Å². The van der Waals surface area contributed by atoms with E-state index in [2.05, 4.69) is 15.6 Å². The van der Waals surface area contributed by atoms with Crippen molar-refractivity contribution in [1.29, 1.82) is 0 Å². The van der Waals surface area contributed by atoms with Gasteiger partial charge in [0.15, 0.2) is 0 Å². The Hall–Kier alpha value is -3.21. The van der Waals surface area contributed by atoms with E-state index in [-0.39, 0.29) is 11.7 Å². The van der Waals surface area contributed by atoms with Gasteiger partial charge in [-0.3, -0.25) is 9.78 Å². The molecule has 25 heavy (non-hydrogen) atoms. The number of carbonyl (C=O) groups is 1. The zero-order valence-corrected chi connectivity index (χ0v) is 14.0. The van der Waals surface area contributed by atoms with Crippen LogP contribution in [0.25, 0.3) is 0 Å². The Morgan fingerprint density at radius 2 is 1.72 bits per heavy atom. The third kappa shape index (κ3) is 3.83. The zero-order valence-electron chi connectivity index (χ0n) is 14.0. The van der Waals surface area contributed by atoms with E-state index < -0.39 is 0 Å². The summed E-state index contributed by atoms with van der Waals surface area (Å²) in [4.78, 5) is 16.6. The summed E-state index contributed by atoms with van der Waals surface area (Å²) in [7, 11) is 0. The van der Waals surface area contributed by atoms with E-state index in [4.69, 9.17) is 0 Å². The number of hydrogen-bond acceptors (Lipinski definition) is 3. The highest BCUT2D eigenvalue weighted by atomic mass is 19.1. The fourth-order valence-electron chi connectivity index (χ4n) is 2.55. The van der Waals surface area contributed by atoms with Crippen LogP contribution in [-0.2, 0) is 0 Å². The van der Waals surface area contributed by atoms with Crippen LogP contribution in [0, 0.1) is 19.7 Å². The predicted octanol–water partition coefficient (Wildman–Crippen LogP) is 4.83. The van der Waals surface area contributed by atoms with E-state index in [1.54, 1.807) is 30.5 Å². The first-order valence-corrected chi connectivity index (χ1v) is 7.89. The summed E-state index contributed by atoms with van der Waals surface area (Å²) in [6, 6.07) is 13.8. The lowest BCUT2D eigenvalue weighted by Gasteiger charge is -2.12. The first kappa shape index (κ1) is 16.6. The Morgan fingerprint density at radius 1 is 1.00 bits per heavy atom. The third-order valence-electron chi connectivity index (χ3n) is 3.87. The van der Waals surface area contributed by atoms with Crippen LogP contribution in [0.5, 0.6) is 0 Å². The zero-order chi connectivity index (χ0) is 17.8. The topological polar surface area (TPSA) is 54.0 Å². The van der Waals surface area contributed by atoms with E-state index in [0.717, 1.165) is 16.8 Å². The van der Waals surface area contributed by atoms with Gasteiger partial charge in [0.25, 0.3) is 5.91 Å². The van der Waals surface area contributed by atoms with Crippen molar-refractivity contribution in [2.45, 2.75) is 13.8 Å². The molecule has 0 fully saturated rings. The number of nitrogens with one attached hydrogen (secondary N) is 2. The van der Waals surface area contributed by atoms with Crippen molar-refractivity contribution >= 4 is 23.0 Å². The maximum absolute atomic E-state index is 13.7. The molecule has 2 aromatic carbocycles. The van der Waals surface area contributed by atoms with Crippen LogP contribution < -0.4 is 10.6 Å². The Morgan fingerprint density at radius 3 is 2.44 bits per heavy atom. The minimum absolute atomic E-state index is 0.262. The van der Waals surface area contributed by atoms with Gasteiger partial charge in [-0.05, 0) is 43.2 Å². The van der Waals surface area contributed by atoms with Crippen LogP contribution in [0.4, 0.5) is 21.5 Å². The van der Waals surface area contributed by atoms with E-state index in [1.807, 2.05) is 32.0 Å². The Balaban J connectivity index is 1.81. The molecular formula is C20H18FN3O. The predicted molar refractivity (Wildman–Crippen MR) is 97.8 cm³/mol. The summed E-state index contributed by atoms with van der Waals surface area (Å²) >= 11 is 0. The first-order valence-electron chi connectivity index (χ1n) is 7.89. The molecule has 0 spiro atoms. The molecule has 3 aromatic rings. The van der Waals surface area contributed by atoms with Crippen LogP contribution in [0.1, 0.15) is 21.5 Å². The number of aryl methyl sites for hydroxylation is 2. The molecule has 5 heteroatoms. The third-order valence-corrected chi connectivity index (χ3v) is 3.87. The van der Waals surface area contributed by atoms with Gasteiger partial charge in [0.05, 0.1) is 23.1 Å². The number of hydrogen-bond donors (Lipinski definition) is 2. The van der Waals surface area contributed by atoms with Gasteiger partial charge in [0.1, 0.15) is 5.82 Å². The number of pyridine rings is 1. The minimum atomic E-state index is -0.368. The normalized spacial score (nSPS) is 10.4. The van der Waals surface area contributed by atoms with Gasteiger partial charge < -0.3 is 10.6 Å². The summed E-state index contributed by atoms with van der Waals surface area (Å²) in [6.45, 7) is 3.88. The number of amides is 1. The molecule has 0 aliphatic carbocycles. The average Bonchev–Trinajstić information content (AvgIpc) is 2.60. The Kier molecular flexibility index (Phi) is 4.75. The van der Waals surface area contributed by atoms with E-state index in [9.17, 15) is 9.18 Å². The van der Waals surface area contributed by atoms with Crippen molar-refractivity contribution in [2.24, 2.45) is 0 Å².